The molecule has 31 heavy (non-hydrogen) atoms. The van der Waals surface area contributed by atoms with Gasteiger partial charge in [-0.1, -0.05) is 11.6 Å². The van der Waals surface area contributed by atoms with Gasteiger partial charge in [-0.25, -0.2) is 18.7 Å². The summed E-state index contributed by atoms with van der Waals surface area (Å²) in [5.74, 6) is -1.09. The highest BCUT2D eigenvalue weighted by atomic mass is 19.1. The van der Waals surface area contributed by atoms with Crippen molar-refractivity contribution in [2.45, 2.75) is 13.3 Å². The van der Waals surface area contributed by atoms with Crippen LogP contribution in [0.5, 0.6) is 0 Å². The quantitative estimate of drug-likeness (QED) is 0.517. The Morgan fingerprint density at radius 2 is 1.77 bits per heavy atom. The Morgan fingerprint density at radius 3 is 2.48 bits per heavy atom. The van der Waals surface area contributed by atoms with Crippen LogP contribution in [0.2, 0.25) is 0 Å². The van der Waals surface area contributed by atoms with Gasteiger partial charge in [-0.3, -0.25) is 4.79 Å². The Kier molecular flexibility index (Phi) is 5.74. The molecule has 2 aromatic carbocycles. The van der Waals surface area contributed by atoms with Gasteiger partial charge in [0.2, 0.25) is 0 Å². The molecule has 0 radical (unpaired) electrons. The molecule has 1 N–H and O–H groups in total. The molecule has 0 bridgehead atoms. The maximum atomic E-state index is 13.9. The van der Waals surface area contributed by atoms with Gasteiger partial charge >= 0.3 is 0 Å². The van der Waals surface area contributed by atoms with Gasteiger partial charge in [-0.15, -0.1) is 0 Å². The standard InChI is InChI=1S/C22H18F2N6O/c1-14-2-5-20(30-28-8-9-29-30)18(10-14)22(31)25-7-6-21-26-12-15(13-27-21)17-4-3-16(23)11-19(17)24/h2-5,8-13H,6-7H2,1H3,(H,25,31). The summed E-state index contributed by atoms with van der Waals surface area (Å²) >= 11 is 0. The Bertz CT molecular complexity index is 1210. The lowest BCUT2D eigenvalue weighted by molar-refractivity contribution is 0.0953. The number of hydrogen-bond donors (Lipinski definition) is 1. The highest BCUT2D eigenvalue weighted by Gasteiger charge is 2.14. The minimum absolute atomic E-state index is 0.223. The average Bonchev–Trinajstić information content (AvgIpc) is 3.29. The molecule has 1 amide bonds. The molecule has 0 fully saturated rings. The number of rotatable bonds is 6. The van der Waals surface area contributed by atoms with Crippen molar-refractivity contribution in [2.75, 3.05) is 6.54 Å². The highest BCUT2D eigenvalue weighted by Crippen LogP contribution is 2.22. The number of amides is 1. The van der Waals surface area contributed by atoms with E-state index in [0.717, 1.165) is 11.6 Å². The fourth-order valence-electron chi connectivity index (χ4n) is 3.08. The van der Waals surface area contributed by atoms with Crippen LogP contribution in [-0.2, 0) is 6.42 Å². The van der Waals surface area contributed by atoms with Gasteiger partial charge in [-0.05, 0) is 31.2 Å². The summed E-state index contributed by atoms with van der Waals surface area (Å²) in [5, 5.41) is 11.0. The van der Waals surface area contributed by atoms with Crippen LogP contribution in [0, 0.1) is 18.6 Å². The zero-order valence-corrected chi connectivity index (χ0v) is 16.6. The first-order valence-corrected chi connectivity index (χ1v) is 9.53. The third kappa shape index (κ3) is 4.61. The van der Waals surface area contributed by atoms with Crippen LogP contribution in [0.1, 0.15) is 21.7 Å². The van der Waals surface area contributed by atoms with Crippen molar-refractivity contribution in [2.24, 2.45) is 0 Å². The summed E-state index contributed by atoms with van der Waals surface area (Å²) in [7, 11) is 0. The predicted molar refractivity (Wildman–Crippen MR) is 110 cm³/mol. The lowest BCUT2D eigenvalue weighted by Gasteiger charge is -2.10. The largest absolute Gasteiger partial charge is 0.352 e. The van der Waals surface area contributed by atoms with Crippen LogP contribution in [0.25, 0.3) is 16.8 Å². The first-order chi connectivity index (χ1) is 15.0. The SMILES string of the molecule is Cc1ccc(-n2nccn2)c(C(=O)NCCc2ncc(-c3ccc(F)cc3F)cn2)c1. The molecule has 0 aliphatic carbocycles. The van der Waals surface area contributed by atoms with E-state index in [2.05, 4.69) is 25.5 Å². The molecule has 0 saturated carbocycles. The Morgan fingerprint density at radius 1 is 1.03 bits per heavy atom. The third-order valence-corrected chi connectivity index (χ3v) is 4.61. The molecule has 4 rings (SSSR count). The van der Waals surface area contributed by atoms with E-state index < -0.39 is 11.6 Å². The molecule has 0 aliphatic rings. The number of carbonyl (C=O) groups is 1. The number of carbonyl (C=O) groups excluding carboxylic acids is 1. The molecule has 0 saturated heterocycles. The summed E-state index contributed by atoms with van der Waals surface area (Å²) in [6, 6.07) is 8.79. The summed E-state index contributed by atoms with van der Waals surface area (Å²) < 4.78 is 27.0. The first-order valence-electron chi connectivity index (χ1n) is 9.53. The monoisotopic (exact) mass is 420 g/mol. The Balaban J connectivity index is 1.41. The smallest absolute Gasteiger partial charge is 0.253 e. The molecule has 9 heteroatoms. The fourth-order valence-corrected chi connectivity index (χ4v) is 3.08. The second-order valence-electron chi connectivity index (χ2n) is 6.86. The number of nitrogens with zero attached hydrogens (tertiary/aromatic N) is 5. The molecule has 0 unspecified atom stereocenters. The summed E-state index contributed by atoms with van der Waals surface area (Å²) in [6.07, 6.45) is 6.42. The lowest BCUT2D eigenvalue weighted by atomic mass is 10.1. The molecular weight excluding hydrogens is 402 g/mol. The summed E-state index contributed by atoms with van der Waals surface area (Å²) in [5.41, 5.74) is 2.64. The van der Waals surface area contributed by atoms with E-state index in [1.165, 1.54) is 29.3 Å². The van der Waals surface area contributed by atoms with Gasteiger partial charge in [0, 0.05) is 42.6 Å². The predicted octanol–water partition coefficient (Wildman–Crippen LogP) is 3.28. The normalized spacial score (nSPS) is 10.8. The van der Waals surface area contributed by atoms with Gasteiger partial charge < -0.3 is 5.32 Å². The van der Waals surface area contributed by atoms with Crippen molar-refractivity contribution in [3.8, 4) is 16.8 Å². The molecule has 0 atom stereocenters. The lowest BCUT2D eigenvalue weighted by Crippen LogP contribution is -2.27. The first kappa shape index (κ1) is 20.3. The zero-order chi connectivity index (χ0) is 21.8. The second kappa shape index (κ2) is 8.78. The average molecular weight is 420 g/mol. The van der Waals surface area contributed by atoms with Crippen LogP contribution in [0.4, 0.5) is 8.78 Å². The van der Waals surface area contributed by atoms with Crippen LogP contribution < -0.4 is 5.32 Å². The molecule has 2 aromatic heterocycles. The second-order valence-corrected chi connectivity index (χ2v) is 6.86. The van der Waals surface area contributed by atoms with Gasteiger partial charge in [0.1, 0.15) is 17.5 Å². The number of aryl methyl sites for hydroxylation is 1. The zero-order valence-electron chi connectivity index (χ0n) is 16.6. The van der Waals surface area contributed by atoms with Gasteiger partial charge in [0.25, 0.3) is 5.91 Å². The number of halogens is 2. The number of nitrogens with one attached hydrogen (secondary N) is 1. The van der Waals surface area contributed by atoms with Crippen molar-refractivity contribution in [3.63, 3.8) is 0 Å². The molecule has 4 aromatic rings. The molecule has 0 aliphatic heterocycles. The number of benzene rings is 2. The van der Waals surface area contributed by atoms with Crippen LogP contribution in [0.15, 0.2) is 61.2 Å². The maximum absolute atomic E-state index is 13.9. The van der Waals surface area contributed by atoms with E-state index in [-0.39, 0.29) is 11.5 Å². The van der Waals surface area contributed by atoms with E-state index in [0.29, 0.717) is 35.6 Å². The number of hydrogen-bond acceptors (Lipinski definition) is 5. The molecular formula is C22H18F2N6O. The van der Waals surface area contributed by atoms with Crippen molar-refractivity contribution in [3.05, 3.63) is 89.8 Å². The van der Waals surface area contributed by atoms with Gasteiger partial charge in [0.15, 0.2) is 0 Å². The molecule has 7 nitrogen and oxygen atoms in total. The van der Waals surface area contributed by atoms with Crippen LogP contribution in [0.3, 0.4) is 0 Å². The minimum atomic E-state index is -0.677. The van der Waals surface area contributed by atoms with E-state index in [9.17, 15) is 13.6 Å². The van der Waals surface area contributed by atoms with E-state index in [1.807, 2.05) is 13.0 Å². The van der Waals surface area contributed by atoms with Gasteiger partial charge in [-0.2, -0.15) is 15.0 Å². The fraction of sp³-hybridized carbons (Fsp3) is 0.136. The molecule has 0 spiro atoms. The van der Waals surface area contributed by atoms with E-state index in [1.54, 1.807) is 24.5 Å². The highest BCUT2D eigenvalue weighted by molar-refractivity contribution is 5.97. The maximum Gasteiger partial charge on any atom is 0.253 e. The van der Waals surface area contributed by atoms with Crippen LogP contribution in [-0.4, -0.2) is 37.4 Å². The van der Waals surface area contributed by atoms with Crippen molar-refractivity contribution < 1.29 is 13.6 Å². The van der Waals surface area contributed by atoms with Crippen molar-refractivity contribution in [1.29, 1.82) is 0 Å². The molecule has 2 heterocycles. The Labute approximate surface area is 176 Å². The third-order valence-electron chi connectivity index (χ3n) is 4.61. The van der Waals surface area contributed by atoms with Gasteiger partial charge in [0.05, 0.1) is 23.6 Å². The van der Waals surface area contributed by atoms with Crippen molar-refractivity contribution >= 4 is 5.91 Å². The summed E-state index contributed by atoms with van der Waals surface area (Å²) in [4.78, 5) is 22.5. The molecule has 156 valence electrons. The van der Waals surface area contributed by atoms with Crippen molar-refractivity contribution in [1.82, 2.24) is 30.3 Å². The van der Waals surface area contributed by atoms with E-state index >= 15 is 0 Å². The Hall–Kier alpha value is -4.01. The van der Waals surface area contributed by atoms with Crippen LogP contribution >= 0.6 is 0 Å². The summed E-state index contributed by atoms with van der Waals surface area (Å²) in [6.45, 7) is 2.21. The number of aromatic nitrogens is 5. The van der Waals surface area contributed by atoms with E-state index in [4.69, 9.17) is 0 Å². The topological polar surface area (TPSA) is 85.6 Å². The minimum Gasteiger partial charge on any atom is -0.352 e.